The van der Waals surface area contributed by atoms with Gasteiger partial charge in [0.25, 0.3) is 0 Å². The Labute approximate surface area is 266 Å². The Morgan fingerprint density at radius 2 is 1.45 bits per heavy atom. The van der Waals surface area contributed by atoms with Gasteiger partial charge in [0.2, 0.25) is 0 Å². The molecule has 1 saturated heterocycles. The van der Waals surface area contributed by atoms with E-state index in [2.05, 4.69) is 68.4 Å². The van der Waals surface area contributed by atoms with E-state index in [-0.39, 0.29) is 30.3 Å². The average molecular weight is 613 g/mol. The van der Waals surface area contributed by atoms with Crippen LogP contribution in [0.2, 0.25) is 5.02 Å². The highest BCUT2D eigenvalue weighted by molar-refractivity contribution is 6.33. The molecule has 4 aromatic rings. The maximum Gasteiger partial charge on any atom is 0.141 e. The number of ether oxygens (including phenoxy) is 5. The number of fused-ring (bicyclic) bond motifs is 1. The minimum absolute atomic E-state index is 0.0102. The van der Waals surface area contributed by atoms with Gasteiger partial charge in [0.1, 0.15) is 23.7 Å². The topological polar surface area (TPSA) is 46.2 Å². The van der Waals surface area contributed by atoms with Crippen LogP contribution in [0.5, 0.6) is 11.5 Å². The lowest BCUT2D eigenvalue weighted by Gasteiger charge is -2.46. The summed E-state index contributed by atoms with van der Waals surface area (Å²) in [6.07, 6.45) is 1.47. The van der Waals surface area contributed by atoms with Crippen molar-refractivity contribution in [2.75, 3.05) is 13.7 Å². The monoisotopic (exact) mass is 612 g/mol. The highest BCUT2D eigenvalue weighted by atomic mass is 35.5. The molecule has 0 saturated carbocycles. The van der Waals surface area contributed by atoms with Gasteiger partial charge in [-0.3, -0.25) is 0 Å². The van der Waals surface area contributed by atoms with Crippen molar-refractivity contribution < 1.29 is 23.7 Å². The smallest absolute Gasteiger partial charge is 0.141 e. The van der Waals surface area contributed by atoms with Gasteiger partial charge < -0.3 is 23.7 Å². The summed E-state index contributed by atoms with van der Waals surface area (Å²) in [7, 11) is 1.68. The van der Waals surface area contributed by atoms with Crippen LogP contribution in [0.25, 0.3) is 0 Å². The van der Waals surface area contributed by atoms with Gasteiger partial charge in [0, 0.05) is 17.9 Å². The molecule has 0 amide bonds. The molecule has 0 spiro atoms. The molecule has 44 heavy (non-hydrogen) atoms. The van der Waals surface area contributed by atoms with Crippen LogP contribution in [-0.2, 0) is 40.3 Å². The lowest BCUT2D eigenvalue weighted by Crippen LogP contribution is -2.52. The molecule has 2 aliphatic rings. The zero-order chi connectivity index (χ0) is 30.5. The molecule has 0 bridgehead atoms. The molecule has 0 aromatic heterocycles. The van der Waals surface area contributed by atoms with E-state index in [1.807, 2.05) is 36.4 Å². The van der Waals surface area contributed by atoms with Gasteiger partial charge in [-0.15, -0.1) is 0 Å². The SMILES string of the molecule is CC[C@H]1OC(c2cc(Cc3ccc(OC)cc3)c(Cl)c3c2CCO3)[C@H](OCc2ccccc2)[C@@H](OCc2ccccc2)[C@@H]1C. The van der Waals surface area contributed by atoms with E-state index in [4.69, 9.17) is 35.3 Å². The first-order valence-electron chi connectivity index (χ1n) is 15.6. The molecule has 1 fully saturated rings. The fourth-order valence-corrected chi connectivity index (χ4v) is 6.80. The second-order valence-electron chi connectivity index (χ2n) is 11.8. The highest BCUT2D eigenvalue weighted by Gasteiger charge is 2.46. The fourth-order valence-electron chi connectivity index (χ4n) is 6.51. The van der Waals surface area contributed by atoms with E-state index in [0.29, 0.717) is 31.3 Å². The van der Waals surface area contributed by atoms with Gasteiger partial charge in [0.05, 0.1) is 44.2 Å². The molecule has 6 rings (SSSR count). The first-order chi connectivity index (χ1) is 21.6. The Morgan fingerprint density at radius 1 is 0.818 bits per heavy atom. The van der Waals surface area contributed by atoms with Crippen molar-refractivity contribution in [3.8, 4) is 11.5 Å². The normalized spacial score (nSPS) is 22.8. The molecule has 230 valence electrons. The average Bonchev–Trinajstić information content (AvgIpc) is 3.57. The molecule has 0 N–H and O–H groups in total. The van der Waals surface area contributed by atoms with Gasteiger partial charge in [-0.05, 0) is 52.8 Å². The second-order valence-corrected chi connectivity index (χ2v) is 12.1. The summed E-state index contributed by atoms with van der Waals surface area (Å²) in [5, 5.41) is 0.673. The summed E-state index contributed by atoms with van der Waals surface area (Å²) < 4.78 is 32.2. The summed E-state index contributed by atoms with van der Waals surface area (Å²) in [4.78, 5) is 0. The third-order valence-corrected chi connectivity index (χ3v) is 9.33. The molecule has 0 radical (unpaired) electrons. The zero-order valence-corrected chi connectivity index (χ0v) is 26.5. The Kier molecular flexibility index (Phi) is 9.88. The molecule has 5 nitrogen and oxygen atoms in total. The fraction of sp³-hybridized carbons (Fsp3) is 0.368. The molecule has 0 aliphatic carbocycles. The standard InChI is InChI=1S/C38H41ClO5/c1-4-33-25(2)35(42-23-27-11-7-5-8-12-27)38(43-24-28-13-9-6-10-14-28)37(44-33)32-22-29(34(39)36-31(32)19-20-41-36)21-26-15-17-30(40-3)18-16-26/h5-18,22,25,33,35,37-38H,4,19-21,23-24H2,1-3H3/t25-,33-,35+,37?,38-/m1/s1. The van der Waals surface area contributed by atoms with E-state index in [1.54, 1.807) is 7.11 Å². The number of hydrogen-bond acceptors (Lipinski definition) is 5. The van der Waals surface area contributed by atoms with Gasteiger partial charge >= 0.3 is 0 Å². The predicted molar refractivity (Wildman–Crippen MR) is 174 cm³/mol. The largest absolute Gasteiger partial charge is 0.497 e. The first-order valence-corrected chi connectivity index (χ1v) is 16.0. The van der Waals surface area contributed by atoms with Crippen LogP contribution in [0.15, 0.2) is 91.0 Å². The van der Waals surface area contributed by atoms with Gasteiger partial charge in [-0.25, -0.2) is 0 Å². The van der Waals surface area contributed by atoms with Gasteiger partial charge in [-0.2, -0.15) is 0 Å². The minimum Gasteiger partial charge on any atom is -0.497 e. The van der Waals surface area contributed by atoms with E-state index >= 15 is 0 Å². The van der Waals surface area contributed by atoms with E-state index < -0.39 is 0 Å². The number of hydrogen-bond donors (Lipinski definition) is 0. The number of rotatable bonds is 11. The van der Waals surface area contributed by atoms with Crippen LogP contribution >= 0.6 is 11.6 Å². The lowest BCUT2D eigenvalue weighted by atomic mass is 9.82. The maximum absolute atomic E-state index is 7.03. The van der Waals surface area contributed by atoms with Crippen LogP contribution in [-0.4, -0.2) is 32.0 Å². The quantitative estimate of drug-likeness (QED) is 0.170. The third-order valence-electron chi connectivity index (χ3n) is 8.91. The first kappa shape index (κ1) is 30.7. The molecular weight excluding hydrogens is 572 g/mol. The van der Waals surface area contributed by atoms with E-state index in [1.165, 1.54) is 0 Å². The van der Waals surface area contributed by atoms with E-state index in [0.717, 1.165) is 57.7 Å². The lowest BCUT2D eigenvalue weighted by molar-refractivity contribution is -0.235. The summed E-state index contributed by atoms with van der Waals surface area (Å²) in [6.45, 7) is 5.98. The van der Waals surface area contributed by atoms with Crippen LogP contribution in [0.3, 0.4) is 0 Å². The number of benzene rings is 4. The molecule has 2 heterocycles. The van der Waals surface area contributed by atoms with Crippen LogP contribution in [0.4, 0.5) is 0 Å². The molecule has 1 unspecified atom stereocenters. The van der Waals surface area contributed by atoms with Crippen molar-refractivity contribution in [3.63, 3.8) is 0 Å². The maximum atomic E-state index is 7.03. The highest BCUT2D eigenvalue weighted by Crippen LogP contribution is 2.47. The van der Waals surface area contributed by atoms with Crippen LogP contribution in [0.1, 0.15) is 59.8 Å². The Balaban J connectivity index is 1.39. The minimum atomic E-state index is -0.344. The molecule has 6 heteroatoms. The van der Waals surface area contributed by atoms with Gasteiger partial charge in [-0.1, -0.05) is 104 Å². The van der Waals surface area contributed by atoms with Crippen LogP contribution in [0, 0.1) is 5.92 Å². The second kappa shape index (κ2) is 14.2. The number of methoxy groups -OCH3 is 1. The predicted octanol–water partition coefficient (Wildman–Crippen LogP) is 8.53. The summed E-state index contributed by atoms with van der Waals surface area (Å²) in [5.41, 5.74) is 6.59. The van der Waals surface area contributed by atoms with Crippen molar-refractivity contribution in [1.29, 1.82) is 0 Å². The molecule has 5 atom stereocenters. The van der Waals surface area contributed by atoms with E-state index in [9.17, 15) is 0 Å². The van der Waals surface area contributed by atoms with Crippen molar-refractivity contribution in [3.05, 3.63) is 129 Å². The van der Waals surface area contributed by atoms with Crippen molar-refractivity contribution >= 4 is 11.6 Å². The Bertz CT molecular complexity index is 1510. The van der Waals surface area contributed by atoms with Crippen molar-refractivity contribution in [2.45, 2.75) is 70.7 Å². The summed E-state index contributed by atoms with van der Waals surface area (Å²) >= 11 is 7.03. The molecule has 4 aromatic carbocycles. The van der Waals surface area contributed by atoms with Crippen molar-refractivity contribution in [2.24, 2.45) is 5.92 Å². The molecule has 2 aliphatic heterocycles. The Morgan fingerprint density at radius 3 is 2.07 bits per heavy atom. The summed E-state index contributed by atoms with van der Waals surface area (Å²) in [5.74, 6) is 1.73. The zero-order valence-electron chi connectivity index (χ0n) is 25.7. The summed E-state index contributed by atoms with van der Waals surface area (Å²) in [6, 6.07) is 31.0. The molecular formula is C38H41ClO5. The Hall–Kier alpha value is -3.35. The number of halogens is 1. The van der Waals surface area contributed by atoms with Crippen LogP contribution < -0.4 is 9.47 Å². The van der Waals surface area contributed by atoms with Gasteiger partial charge in [0.15, 0.2) is 0 Å². The third kappa shape index (κ3) is 6.67. The van der Waals surface area contributed by atoms with Crippen molar-refractivity contribution in [1.82, 2.24) is 0 Å².